The Morgan fingerprint density at radius 2 is 1.79 bits per heavy atom. The number of furan rings is 1. The van der Waals surface area contributed by atoms with Gasteiger partial charge in [-0.3, -0.25) is 0 Å². The van der Waals surface area contributed by atoms with E-state index in [0.29, 0.717) is 25.8 Å². The Morgan fingerprint density at radius 1 is 0.970 bits per heavy atom. The summed E-state index contributed by atoms with van der Waals surface area (Å²) in [6.45, 7) is 3.68. The molecule has 0 amide bonds. The average Bonchev–Trinajstić information content (AvgIpc) is 3.65. The highest BCUT2D eigenvalue weighted by molar-refractivity contribution is 5.84. The second kappa shape index (κ2) is 8.86. The van der Waals surface area contributed by atoms with E-state index in [0.717, 1.165) is 47.1 Å². The first-order chi connectivity index (χ1) is 16.3. The summed E-state index contributed by atoms with van der Waals surface area (Å²) in [5, 5.41) is 3.54. The van der Waals surface area contributed by atoms with Gasteiger partial charge < -0.3 is 23.9 Å². The van der Waals surface area contributed by atoms with Crippen LogP contribution < -0.4 is 10.2 Å². The van der Waals surface area contributed by atoms with Crippen molar-refractivity contribution < 1.29 is 9.15 Å². The molecule has 2 aliphatic rings. The minimum absolute atomic E-state index is 0.478. The number of aromatic nitrogens is 4. The molecular weight excluding hydrogens is 416 g/mol. The average molecular weight is 445 g/mol. The van der Waals surface area contributed by atoms with E-state index in [9.17, 15) is 0 Å². The fourth-order valence-corrected chi connectivity index (χ4v) is 4.81. The van der Waals surface area contributed by atoms with Gasteiger partial charge in [0.2, 0.25) is 5.95 Å². The third kappa shape index (κ3) is 4.06. The Hall–Kier alpha value is -3.39. The molecule has 1 aliphatic heterocycles. The van der Waals surface area contributed by atoms with Crippen LogP contribution in [-0.2, 0) is 11.3 Å². The second-order valence-corrected chi connectivity index (χ2v) is 8.80. The lowest BCUT2D eigenvalue weighted by molar-refractivity contribution is 0.122. The van der Waals surface area contributed by atoms with Crippen molar-refractivity contribution in [1.29, 1.82) is 0 Å². The van der Waals surface area contributed by atoms with Gasteiger partial charge in [-0.25, -0.2) is 4.98 Å². The minimum Gasteiger partial charge on any atom is -0.472 e. The normalized spacial score (nSPS) is 17.2. The van der Waals surface area contributed by atoms with Crippen molar-refractivity contribution in [2.24, 2.45) is 0 Å². The molecule has 8 nitrogen and oxygen atoms in total. The minimum atomic E-state index is 0.478. The van der Waals surface area contributed by atoms with Gasteiger partial charge in [0.15, 0.2) is 17.0 Å². The molecule has 0 atom stereocenters. The maximum Gasteiger partial charge on any atom is 0.229 e. The summed E-state index contributed by atoms with van der Waals surface area (Å²) >= 11 is 0. The topological polar surface area (TPSA) is 81.2 Å². The number of imidazole rings is 1. The van der Waals surface area contributed by atoms with E-state index in [2.05, 4.69) is 39.0 Å². The first-order valence-corrected chi connectivity index (χ1v) is 11.8. The summed E-state index contributed by atoms with van der Waals surface area (Å²) in [5.74, 6) is 1.54. The molecule has 2 fully saturated rings. The molecule has 0 unspecified atom stereocenters. The largest absolute Gasteiger partial charge is 0.472 e. The lowest BCUT2D eigenvalue weighted by atomic mass is 10.1. The van der Waals surface area contributed by atoms with Gasteiger partial charge in [-0.1, -0.05) is 37.1 Å². The molecule has 1 aliphatic carbocycles. The molecule has 1 saturated heterocycles. The Kier molecular flexibility index (Phi) is 5.43. The van der Waals surface area contributed by atoms with Crippen molar-refractivity contribution >= 4 is 22.9 Å². The highest BCUT2D eigenvalue weighted by atomic mass is 16.5. The van der Waals surface area contributed by atoms with Crippen molar-refractivity contribution in [3.05, 3.63) is 54.7 Å². The van der Waals surface area contributed by atoms with Gasteiger partial charge in [0.05, 0.1) is 32.1 Å². The summed E-state index contributed by atoms with van der Waals surface area (Å²) in [6.07, 6.45) is 10.3. The molecular formula is C25H28N6O2. The van der Waals surface area contributed by atoms with Gasteiger partial charge in [-0.05, 0) is 30.0 Å². The van der Waals surface area contributed by atoms with Crippen LogP contribution in [0.15, 0.2) is 53.6 Å². The van der Waals surface area contributed by atoms with Crippen LogP contribution in [0.2, 0.25) is 0 Å². The van der Waals surface area contributed by atoms with E-state index in [1.54, 1.807) is 12.5 Å². The van der Waals surface area contributed by atoms with E-state index in [4.69, 9.17) is 24.1 Å². The van der Waals surface area contributed by atoms with E-state index in [1.807, 2.05) is 12.4 Å². The number of benzene rings is 1. The summed E-state index contributed by atoms with van der Waals surface area (Å²) in [6, 6.07) is 10.9. The van der Waals surface area contributed by atoms with Gasteiger partial charge >= 0.3 is 0 Å². The number of nitrogens with zero attached hydrogens (tertiary/aromatic N) is 5. The molecule has 0 bridgehead atoms. The van der Waals surface area contributed by atoms with Crippen LogP contribution in [0.25, 0.3) is 22.3 Å². The molecule has 4 aromatic rings. The first-order valence-electron chi connectivity index (χ1n) is 11.8. The van der Waals surface area contributed by atoms with Crippen molar-refractivity contribution in [3.63, 3.8) is 0 Å². The van der Waals surface area contributed by atoms with Crippen LogP contribution in [0, 0.1) is 0 Å². The molecule has 1 aromatic carbocycles. The predicted octanol–water partition coefficient (Wildman–Crippen LogP) is 4.65. The Balaban J connectivity index is 1.29. The molecule has 3 aromatic heterocycles. The number of morpholine rings is 1. The van der Waals surface area contributed by atoms with Gasteiger partial charge in [0, 0.05) is 31.2 Å². The molecule has 170 valence electrons. The first kappa shape index (κ1) is 20.2. The molecule has 8 heteroatoms. The summed E-state index contributed by atoms with van der Waals surface area (Å²) in [5.41, 5.74) is 5.17. The van der Waals surface area contributed by atoms with Gasteiger partial charge in [-0.2, -0.15) is 9.97 Å². The summed E-state index contributed by atoms with van der Waals surface area (Å²) in [4.78, 5) is 16.8. The summed E-state index contributed by atoms with van der Waals surface area (Å²) in [7, 11) is 0. The smallest absolute Gasteiger partial charge is 0.229 e. The zero-order valence-corrected chi connectivity index (χ0v) is 18.6. The molecule has 1 saturated carbocycles. The molecule has 6 rings (SSSR count). The molecule has 33 heavy (non-hydrogen) atoms. The highest BCUT2D eigenvalue weighted by Crippen LogP contribution is 2.33. The van der Waals surface area contributed by atoms with Crippen LogP contribution in [0.4, 0.5) is 11.8 Å². The van der Waals surface area contributed by atoms with Gasteiger partial charge in [0.25, 0.3) is 0 Å². The van der Waals surface area contributed by atoms with Crippen molar-refractivity contribution in [1.82, 2.24) is 19.5 Å². The van der Waals surface area contributed by atoms with Gasteiger partial charge in [0.1, 0.15) is 0 Å². The van der Waals surface area contributed by atoms with Crippen molar-refractivity contribution in [3.8, 4) is 11.1 Å². The molecule has 0 spiro atoms. The monoisotopic (exact) mass is 444 g/mol. The lowest BCUT2D eigenvalue weighted by Gasteiger charge is -2.27. The summed E-state index contributed by atoms with van der Waals surface area (Å²) < 4.78 is 13.0. The third-order valence-corrected chi connectivity index (χ3v) is 6.69. The van der Waals surface area contributed by atoms with E-state index in [1.165, 1.54) is 31.2 Å². The number of hydrogen-bond donors (Lipinski definition) is 1. The number of rotatable bonds is 6. The molecule has 1 N–H and O–H groups in total. The number of fused-ring (bicyclic) bond motifs is 1. The van der Waals surface area contributed by atoms with Crippen LogP contribution in [0.5, 0.6) is 0 Å². The zero-order valence-electron chi connectivity index (χ0n) is 18.6. The van der Waals surface area contributed by atoms with Gasteiger partial charge in [-0.15, -0.1) is 0 Å². The van der Waals surface area contributed by atoms with E-state index in [-0.39, 0.29) is 0 Å². The zero-order chi connectivity index (χ0) is 22.0. The fourth-order valence-electron chi connectivity index (χ4n) is 4.81. The lowest BCUT2D eigenvalue weighted by Crippen LogP contribution is -2.37. The highest BCUT2D eigenvalue weighted by Gasteiger charge is 2.23. The Bertz CT molecular complexity index is 1210. The van der Waals surface area contributed by atoms with Crippen LogP contribution in [0.3, 0.4) is 0 Å². The number of ether oxygens (including phenoxy) is 1. The quantitative estimate of drug-likeness (QED) is 0.464. The maximum atomic E-state index is 5.53. The van der Waals surface area contributed by atoms with Crippen molar-refractivity contribution in [2.45, 2.75) is 38.3 Å². The standard InChI is InChI=1S/C25H28N6O2/c1-2-4-21(3-1)31-17-27-22-23(28-25(29-24(22)31)30-10-13-32-14-11-30)26-15-18-5-7-19(8-6-18)20-9-12-33-16-20/h5-9,12,16-17,21H,1-4,10-11,13-15H2,(H,26,28,29). The van der Waals surface area contributed by atoms with E-state index < -0.39 is 0 Å². The SMILES string of the molecule is c1cc(-c2ccc(CNc3nc(N4CCOCC4)nc4c3ncn4C3CCCC3)cc2)co1. The molecule has 4 heterocycles. The number of anilines is 2. The predicted molar refractivity (Wildman–Crippen MR) is 127 cm³/mol. The Labute approximate surface area is 192 Å². The van der Waals surface area contributed by atoms with Crippen LogP contribution >= 0.6 is 0 Å². The second-order valence-electron chi connectivity index (χ2n) is 8.80. The number of hydrogen-bond acceptors (Lipinski definition) is 7. The van der Waals surface area contributed by atoms with Crippen LogP contribution in [-0.4, -0.2) is 45.8 Å². The Morgan fingerprint density at radius 3 is 2.55 bits per heavy atom. The number of nitrogens with one attached hydrogen (secondary N) is 1. The van der Waals surface area contributed by atoms with Crippen molar-refractivity contribution in [2.75, 3.05) is 36.5 Å². The fraction of sp³-hybridized carbons (Fsp3) is 0.400. The third-order valence-electron chi connectivity index (χ3n) is 6.69. The molecule has 0 radical (unpaired) electrons. The maximum absolute atomic E-state index is 5.53. The van der Waals surface area contributed by atoms with E-state index >= 15 is 0 Å². The van der Waals surface area contributed by atoms with Crippen LogP contribution in [0.1, 0.15) is 37.3 Å².